The summed E-state index contributed by atoms with van der Waals surface area (Å²) in [6.45, 7) is 4.67. The smallest absolute Gasteiger partial charge is 0.267 e. The number of nitrogens with one attached hydrogen (secondary N) is 1. The molecule has 1 aromatic rings. The second-order valence-electron chi connectivity index (χ2n) is 5.49. The molecule has 0 radical (unpaired) electrons. The number of carbonyl (C=O) groups is 1. The minimum Gasteiger partial charge on any atom is -0.364 e. The van der Waals surface area contributed by atoms with Gasteiger partial charge in [0.2, 0.25) is 0 Å². The molecule has 0 unspecified atom stereocenters. The third kappa shape index (κ3) is 3.11. The van der Waals surface area contributed by atoms with E-state index in [1.54, 1.807) is 0 Å². The van der Waals surface area contributed by atoms with Crippen molar-refractivity contribution >= 4 is 5.91 Å². The van der Waals surface area contributed by atoms with Crippen molar-refractivity contribution in [3.8, 4) is 0 Å². The molecule has 1 aliphatic heterocycles. The summed E-state index contributed by atoms with van der Waals surface area (Å²) >= 11 is 0. The molecule has 5 nitrogen and oxygen atoms in total. The standard InChI is InChI=1S/C14H22N4O/c1-9(8-18(2)3)11-6-10-4-5-16-7-12(10)17-13(11)14(15)19/h6,9,16H,4-5,7-8H2,1-3H3,(H2,15,19)/t9-/m0/s1. The molecule has 0 aromatic carbocycles. The Morgan fingerprint density at radius 2 is 2.32 bits per heavy atom. The zero-order chi connectivity index (χ0) is 14.0. The van der Waals surface area contributed by atoms with Gasteiger partial charge in [0.05, 0.1) is 5.69 Å². The monoisotopic (exact) mass is 262 g/mol. The van der Waals surface area contributed by atoms with Gasteiger partial charge >= 0.3 is 0 Å². The van der Waals surface area contributed by atoms with Gasteiger partial charge in [-0.2, -0.15) is 0 Å². The van der Waals surface area contributed by atoms with Gasteiger partial charge in [0.15, 0.2) is 0 Å². The van der Waals surface area contributed by atoms with E-state index in [0.717, 1.165) is 37.3 Å². The minimum absolute atomic E-state index is 0.241. The number of rotatable bonds is 4. The van der Waals surface area contributed by atoms with Gasteiger partial charge in [0, 0.05) is 13.1 Å². The van der Waals surface area contributed by atoms with E-state index in [-0.39, 0.29) is 5.92 Å². The van der Waals surface area contributed by atoms with E-state index in [9.17, 15) is 4.79 Å². The van der Waals surface area contributed by atoms with Crippen molar-refractivity contribution in [3.63, 3.8) is 0 Å². The van der Waals surface area contributed by atoms with Gasteiger partial charge < -0.3 is 16.0 Å². The first-order valence-corrected chi connectivity index (χ1v) is 6.67. The Kier molecular flexibility index (Phi) is 4.17. The Labute approximate surface area is 114 Å². The predicted molar refractivity (Wildman–Crippen MR) is 75.1 cm³/mol. The minimum atomic E-state index is -0.436. The molecule has 3 N–H and O–H groups in total. The third-order valence-electron chi connectivity index (χ3n) is 3.49. The highest BCUT2D eigenvalue weighted by Gasteiger charge is 2.21. The van der Waals surface area contributed by atoms with Crippen LogP contribution in [-0.4, -0.2) is 43.0 Å². The second-order valence-corrected chi connectivity index (χ2v) is 5.49. The van der Waals surface area contributed by atoms with Crippen molar-refractivity contribution < 1.29 is 4.79 Å². The molecule has 1 atom stereocenters. The van der Waals surface area contributed by atoms with Crippen molar-refractivity contribution in [1.29, 1.82) is 0 Å². The molecule has 0 saturated heterocycles. The third-order valence-corrected chi connectivity index (χ3v) is 3.49. The highest BCUT2D eigenvalue weighted by atomic mass is 16.1. The van der Waals surface area contributed by atoms with Crippen LogP contribution in [0, 0.1) is 0 Å². The van der Waals surface area contributed by atoms with E-state index in [4.69, 9.17) is 5.73 Å². The summed E-state index contributed by atoms with van der Waals surface area (Å²) in [7, 11) is 4.05. The van der Waals surface area contributed by atoms with Crippen molar-refractivity contribution in [1.82, 2.24) is 15.2 Å². The van der Waals surface area contributed by atoms with E-state index >= 15 is 0 Å². The molecule has 2 heterocycles. The second kappa shape index (κ2) is 5.67. The number of carbonyl (C=O) groups excluding carboxylic acids is 1. The van der Waals surface area contributed by atoms with Crippen molar-refractivity contribution in [2.45, 2.75) is 25.8 Å². The first kappa shape index (κ1) is 14.0. The number of hydrogen-bond acceptors (Lipinski definition) is 4. The van der Waals surface area contributed by atoms with E-state index in [0.29, 0.717) is 5.69 Å². The fraction of sp³-hybridized carbons (Fsp3) is 0.571. The molecule has 1 amide bonds. The van der Waals surface area contributed by atoms with Crippen LogP contribution in [0.2, 0.25) is 0 Å². The number of primary amides is 1. The summed E-state index contributed by atoms with van der Waals surface area (Å²) in [5, 5.41) is 3.27. The summed E-state index contributed by atoms with van der Waals surface area (Å²) in [5.74, 6) is -0.195. The maximum atomic E-state index is 11.6. The van der Waals surface area contributed by atoms with E-state index in [1.807, 2.05) is 14.1 Å². The van der Waals surface area contributed by atoms with Crippen LogP contribution in [0.4, 0.5) is 0 Å². The Hall–Kier alpha value is -1.46. The van der Waals surface area contributed by atoms with Gasteiger partial charge in [-0.05, 0) is 44.1 Å². The number of aromatic nitrogens is 1. The van der Waals surface area contributed by atoms with Crippen LogP contribution in [0.15, 0.2) is 6.07 Å². The molecular formula is C14H22N4O. The summed E-state index contributed by atoms with van der Waals surface area (Å²) in [6, 6.07) is 2.12. The van der Waals surface area contributed by atoms with E-state index in [1.165, 1.54) is 5.56 Å². The number of likely N-dealkylation sites (N-methyl/N-ethyl adjacent to an activating group) is 1. The zero-order valence-electron chi connectivity index (χ0n) is 11.9. The molecule has 0 spiro atoms. The average molecular weight is 262 g/mol. The molecule has 0 bridgehead atoms. The summed E-state index contributed by atoms with van der Waals surface area (Å²) in [6.07, 6.45) is 0.961. The molecule has 0 fully saturated rings. The van der Waals surface area contributed by atoms with Crippen LogP contribution in [0.5, 0.6) is 0 Å². The maximum Gasteiger partial charge on any atom is 0.267 e. The topological polar surface area (TPSA) is 71.2 Å². The first-order chi connectivity index (χ1) is 8.99. The van der Waals surface area contributed by atoms with Crippen molar-refractivity contribution in [3.05, 3.63) is 28.6 Å². The summed E-state index contributed by atoms with van der Waals surface area (Å²) in [5.41, 5.74) is 9.08. The molecular weight excluding hydrogens is 240 g/mol. The lowest BCUT2D eigenvalue weighted by atomic mass is 9.94. The quantitative estimate of drug-likeness (QED) is 0.828. The van der Waals surface area contributed by atoms with Gasteiger partial charge in [-0.25, -0.2) is 4.98 Å². The van der Waals surface area contributed by atoms with Gasteiger partial charge in [0.25, 0.3) is 5.91 Å². The molecule has 0 aliphatic carbocycles. The molecule has 1 aliphatic rings. The Morgan fingerprint density at radius 3 is 2.95 bits per heavy atom. The van der Waals surface area contributed by atoms with Gasteiger partial charge in [-0.1, -0.05) is 13.0 Å². The molecule has 2 rings (SSSR count). The highest BCUT2D eigenvalue weighted by Crippen LogP contribution is 2.24. The highest BCUT2D eigenvalue weighted by molar-refractivity contribution is 5.92. The van der Waals surface area contributed by atoms with Gasteiger partial charge in [0.1, 0.15) is 5.69 Å². The predicted octanol–water partition coefficient (Wildman–Crippen LogP) is 0.491. The summed E-state index contributed by atoms with van der Waals surface area (Å²) < 4.78 is 0. The number of pyridine rings is 1. The van der Waals surface area contributed by atoms with Crippen LogP contribution >= 0.6 is 0 Å². The Morgan fingerprint density at radius 1 is 1.58 bits per heavy atom. The number of hydrogen-bond donors (Lipinski definition) is 2. The largest absolute Gasteiger partial charge is 0.364 e. The Balaban J connectivity index is 2.42. The van der Waals surface area contributed by atoms with Crippen LogP contribution < -0.4 is 11.1 Å². The fourth-order valence-corrected chi connectivity index (χ4v) is 2.63. The summed E-state index contributed by atoms with van der Waals surface area (Å²) in [4.78, 5) is 18.2. The number of nitrogens with two attached hydrogens (primary N) is 1. The van der Waals surface area contributed by atoms with Gasteiger partial charge in [-0.3, -0.25) is 4.79 Å². The van der Waals surface area contributed by atoms with Crippen molar-refractivity contribution in [2.75, 3.05) is 27.2 Å². The SMILES string of the molecule is C[C@@H](CN(C)C)c1cc2c(nc1C(N)=O)CNCC2. The number of nitrogens with zero attached hydrogens (tertiary/aromatic N) is 2. The number of fused-ring (bicyclic) bond motifs is 1. The maximum absolute atomic E-state index is 11.6. The number of amides is 1. The fourth-order valence-electron chi connectivity index (χ4n) is 2.63. The first-order valence-electron chi connectivity index (χ1n) is 6.67. The zero-order valence-corrected chi connectivity index (χ0v) is 11.9. The lowest BCUT2D eigenvalue weighted by molar-refractivity contribution is 0.0993. The molecule has 104 valence electrons. The molecule has 5 heteroatoms. The van der Waals surface area contributed by atoms with Crippen LogP contribution in [0.3, 0.4) is 0 Å². The average Bonchev–Trinajstić information content (AvgIpc) is 2.36. The molecule has 19 heavy (non-hydrogen) atoms. The normalized spacial score (nSPS) is 16.2. The van der Waals surface area contributed by atoms with E-state index in [2.05, 4.69) is 28.2 Å². The van der Waals surface area contributed by atoms with Crippen molar-refractivity contribution in [2.24, 2.45) is 5.73 Å². The Bertz CT molecular complexity index is 485. The lowest BCUT2D eigenvalue weighted by Crippen LogP contribution is -2.28. The molecule has 0 saturated carbocycles. The van der Waals surface area contributed by atoms with Crippen LogP contribution in [0.1, 0.15) is 40.2 Å². The molecule has 1 aromatic heterocycles. The van der Waals surface area contributed by atoms with Crippen LogP contribution in [-0.2, 0) is 13.0 Å². The lowest BCUT2D eigenvalue weighted by Gasteiger charge is -2.23. The van der Waals surface area contributed by atoms with Crippen LogP contribution in [0.25, 0.3) is 0 Å². The van der Waals surface area contributed by atoms with E-state index < -0.39 is 5.91 Å². The van der Waals surface area contributed by atoms with Gasteiger partial charge in [-0.15, -0.1) is 0 Å².